The van der Waals surface area contributed by atoms with Gasteiger partial charge in [0.25, 0.3) is 0 Å². The molecule has 5 heteroatoms. The van der Waals surface area contributed by atoms with Gasteiger partial charge in [-0.05, 0) is 46.7 Å². The third-order valence-corrected chi connectivity index (χ3v) is 4.43. The maximum absolute atomic E-state index is 10.6. The van der Waals surface area contributed by atoms with Gasteiger partial charge < -0.3 is 14.9 Å². The summed E-state index contributed by atoms with van der Waals surface area (Å²) >= 11 is 0. The highest BCUT2D eigenvalue weighted by molar-refractivity contribution is 5.41. The Labute approximate surface area is 127 Å². The minimum atomic E-state index is -0.554. The van der Waals surface area contributed by atoms with E-state index in [0.717, 1.165) is 49.8 Å². The molecule has 2 aliphatic rings. The Kier molecular flexibility index (Phi) is 3.88. The Morgan fingerprint density at radius 3 is 2.52 bits per heavy atom. The fourth-order valence-corrected chi connectivity index (χ4v) is 3.16. The van der Waals surface area contributed by atoms with E-state index in [1.165, 1.54) is 12.8 Å². The summed E-state index contributed by atoms with van der Waals surface area (Å²) < 4.78 is 0. The van der Waals surface area contributed by atoms with Crippen molar-refractivity contribution in [3.05, 3.63) is 17.6 Å². The SMILES string of the molecule is Cc1cc(N2CCC(O)(CN(C)C)CC2)nc(C2CC2)n1. The molecule has 5 nitrogen and oxygen atoms in total. The highest BCUT2D eigenvalue weighted by Crippen LogP contribution is 2.39. The van der Waals surface area contributed by atoms with Crippen molar-refractivity contribution in [3.8, 4) is 0 Å². The van der Waals surface area contributed by atoms with Gasteiger partial charge in [0.05, 0.1) is 5.60 Å². The maximum Gasteiger partial charge on any atom is 0.134 e. The smallest absolute Gasteiger partial charge is 0.134 e. The standard InChI is InChI=1S/C16H26N4O/c1-12-10-14(18-15(17-12)13-4-5-13)20-8-6-16(21,7-9-20)11-19(2)3/h10,13,21H,4-9,11H2,1-3H3. The van der Waals surface area contributed by atoms with Gasteiger partial charge >= 0.3 is 0 Å². The lowest BCUT2D eigenvalue weighted by molar-refractivity contribution is -0.00547. The summed E-state index contributed by atoms with van der Waals surface area (Å²) in [5, 5.41) is 10.6. The Morgan fingerprint density at radius 1 is 1.29 bits per heavy atom. The van der Waals surface area contributed by atoms with E-state index >= 15 is 0 Å². The molecule has 0 unspecified atom stereocenters. The molecule has 2 fully saturated rings. The van der Waals surface area contributed by atoms with Gasteiger partial charge in [-0.1, -0.05) is 0 Å². The number of piperidine rings is 1. The van der Waals surface area contributed by atoms with Gasteiger partial charge in [0.1, 0.15) is 11.6 Å². The first kappa shape index (κ1) is 14.7. The number of rotatable bonds is 4. The lowest BCUT2D eigenvalue weighted by Crippen LogP contribution is -2.49. The molecule has 1 aliphatic carbocycles. The zero-order chi connectivity index (χ0) is 15.0. The molecule has 2 heterocycles. The fraction of sp³-hybridized carbons (Fsp3) is 0.750. The van der Waals surface area contributed by atoms with E-state index in [0.29, 0.717) is 5.92 Å². The summed E-state index contributed by atoms with van der Waals surface area (Å²) in [6.07, 6.45) is 4.05. The molecule has 0 bridgehead atoms. The van der Waals surface area contributed by atoms with Gasteiger partial charge in [-0.3, -0.25) is 0 Å². The summed E-state index contributed by atoms with van der Waals surface area (Å²) in [6, 6.07) is 2.07. The highest BCUT2D eigenvalue weighted by Gasteiger charge is 2.34. The third-order valence-electron chi connectivity index (χ3n) is 4.43. The zero-order valence-electron chi connectivity index (χ0n) is 13.3. The van der Waals surface area contributed by atoms with Crippen molar-refractivity contribution in [2.75, 3.05) is 38.6 Å². The van der Waals surface area contributed by atoms with Gasteiger partial charge in [0.15, 0.2) is 0 Å². The predicted octanol–water partition coefficient (Wildman–Crippen LogP) is 1.56. The van der Waals surface area contributed by atoms with Crippen LogP contribution in [0.5, 0.6) is 0 Å². The molecule has 0 spiro atoms. The normalized spacial score (nSPS) is 21.9. The number of aromatic nitrogens is 2. The van der Waals surface area contributed by atoms with E-state index in [9.17, 15) is 5.11 Å². The van der Waals surface area contributed by atoms with Gasteiger partial charge in [-0.15, -0.1) is 0 Å². The number of nitrogens with zero attached hydrogens (tertiary/aromatic N) is 4. The molecular formula is C16H26N4O. The van der Waals surface area contributed by atoms with Crippen molar-refractivity contribution in [1.29, 1.82) is 0 Å². The lowest BCUT2D eigenvalue weighted by Gasteiger charge is -2.40. The second-order valence-corrected chi connectivity index (χ2v) is 6.95. The van der Waals surface area contributed by atoms with Crippen LogP contribution in [0.4, 0.5) is 5.82 Å². The van der Waals surface area contributed by atoms with Crippen molar-refractivity contribution in [3.63, 3.8) is 0 Å². The summed E-state index contributed by atoms with van der Waals surface area (Å²) in [5.41, 5.74) is 0.498. The minimum absolute atomic E-state index is 0.554. The minimum Gasteiger partial charge on any atom is -0.388 e. The molecule has 1 saturated carbocycles. The van der Waals surface area contributed by atoms with E-state index in [2.05, 4.69) is 20.9 Å². The van der Waals surface area contributed by atoms with Crippen LogP contribution in [0.2, 0.25) is 0 Å². The largest absolute Gasteiger partial charge is 0.388 e. The summed E-state index contributed by atoms with van der Waals surface area (Å²) in [7, 11) is 4.03. The van der Waals surface area contributed by atoms with Crippen LogP contribution in [-0.2, 0) is 0 Å². The molecule has 21 heavy (non-hydrogen) atoms. The number of hydrogen-bond acceptors (Lipinski definition) is 5. The van der Waals surface area contributed by atoms with Crippen molar-refractivity contribution in [2.45, 2.75) is 44.1 Å². The number of likely N-dealkylation sites (N-methyl/N-ethyl adjacent to an activating group) is 1. The van der Waals surface area contributed by atoms with Crippen LogP contribution in [0, 0.1) is 6.92 Å². The molecule has 0 radical (unpaired) electrons. The molecule has 1 aromatic heterocycles. The van der Waals surface area contributed by atoms with Crippen molar-refractivity contribution in [2.24, 2.45) is 0 Å². The number of anilines is 1. The van der Waals surface area contributed by atoms with E-state index < -0.39 is 5.60 Å². The number of aliphatic hydroxyl groups is 1. The fourth-order valence-electron chi connectivity index (χ4n) is 3.16. The van der Waals surface area contributed by atoms with E-state index in [1.807, 2.05) is 21.0 Å². The van der Waals surface area contributed by atoms with E-state index in [4.69, 9.17) is 4.98 Å². The van der Waals surface area contributed by atoms with Crippen LogP contribution in [0.15, 0.2) is 6.07 Å². The highest BCUT2D eigenvalue weighted by atomic mass is 16.3. The quantitative estimate of drug-likeness (QED) is 0.912. The molecule has 3 rings (SSSR count). The average molecular weight is 290 g/mol. The number of hydrogen-bond donors (Lipinski definition) is 1. The summed E-state index contributed by atoms with van der Waals surface area (Å²) in [5.74, 6) is 2.63. The Hall–Kier alpha value is -1.20. The molecule has 1 aliphatic heterocycles. The zero-order valence-corrected chi connectivity index (χ0v) is 13.3. The van der Waals surface area contributed by atoms with Gasteiger partial charge in [0.2, 0.25) is 0 Å². The first-order valence-corrected chi connectivity index (χ1v) is 7.93. The second-order valence-electron chi connectivity index (χ2n) is 6.95. The van der Waals surface area contributed by atoms with Crippen molar-refractivity contribution >= 4 is 5.82 Å². The molecule has 1 saturated heterocycles. The van der Waals surface area contributed by atoms with Crippen LogP contribution in [0.1, 0.15) is 43.1 Å². The van der Waals surface area contributed by atoms with Gasteiger partial charge in [-0.25, -0.2) is 9.97 Å². The first-order chi connectivity index (χ1) is 9.95. The molecule has 0 amide bonds. The van der Waals surface area contributed by atoms with Crippen LogP contribution < -0.4 is 4.90 Å². The molecule has 1 aromatic rings. The van der Waals surface area contributed by atoms with Crippen LogP contribution in [0.25, 0.3) is 0 Å². The Morgan fingerprint density at radius 2 is 1.95 bits per heavy atom. The monoisotopic (exact) mass is 290 g/mol. The van der Waals surface area contributed by atoms with Crippen LogP contribution in [0.3, 0.4) is 0 Å². The first-order valence-electron chi connectivity index (χ1n) is 7.93. The number of aryl methyl sites for hydroxylation is 1. The molecular weight excluding hydrogens is 264 g/mol. The van der Waals surface area contributed by atoms with Crippen LogP contribution in [-0.4, -0.2) is 59.3 Å². The summed E-state index contributed by atoms with van der Waals surface area (Å²) in [6.45, 7) is 4.51. The Balaban J connectivity index is 1.69. The van der Waals surface area contributed by atoms with Gasteiger partial charge in [-0.2, -0.15) is 0 Å². The van der Waals surface area contributed by atoms with Crippen molar-refractivity contribution < 1.29 is 5.11 Å². The molecule has 1 N–H and O–H groups in total. The van der Waals surface area contributed by atoms with E-state index in [1.54, 1.807) is 0 Å². The molecule has 116 valence electrons. The maximum atomic E-state index is 10.6. The average Bonchev–Trinajstić information content (AvgIpc) is 3.21. The van der Waals surface area contributed by atoms with Crippen molar-refractivity contribution in [1.82, 2.24) is 14.9 Å². The molecule has 0 aromatic carbocycles. The Bertz CT molecular complexity index is 505. The topological polar surface area (TPSA) is 52.5 Å². The lowest BCUT2D eigenvalue weighted by atomic mass is 9.91. The predicted molar refractivity (Wildman–Crippen MR) is 83.7 cm³/mol. The van der Waals surface area contributed by atoms with E-state index in [-0.39, 0.29) is 0 Å². The third kappa shape index (κ3) is 3.52. The summed E-state index contributed by atoms with van der Waals surface area (Å²) in [4.78, 5) is 13.7. The molecule has 0 atom stereocenters. The second kappa shape index (κ2) is 5.54. The van der Waals surface area contributed by atoms with Gasteiger partial charge in [0, 0.05) is 37.3 Å². The van der Waals surface area contributed by atoms with Crippen LogP contribution >= 0.6 is 0 Å².